The third kappa shape index (κ3) is 5.00. The molecule has 1 unspecified atom stereocenters. The molecule has 148 valence electrons. The summed E-state index contributed by atoms with van der Waals surface area (Å²) in [7, 11) is 1.33. The minimum atomic E-state index is -4.57. The molecule has 0 aromatic carbocycles. The molecule has 2 heterocycles. The maximum Gasteiger partial charge on any atom is 0.421 e. The quantitative estimate of drug-likeness (QED) is 0.654. The Hall–Kier alpha value is -2.56. The first-order chi connectivity index (χ1) is 12.7. The van der Waals surface area contributed by atoms with E-state index in [1.54, 1.807) is 6.92 Å². The zero-order valence-electron chi connectivity index (χ0n) is 14.9. The highest BCUT2D eigenvalue weighted by molar-refractivity contribution is 6.32. The number of halogens is 4. The van der Waals surface area contributed by atoms with Crippen molar-refractivity contribution in [3.8, 4) is 0 Å². The number of amides is 1. The largest absolute Gasteiger partial charge is 0.421 e. The summed E-state index contributed by atoms with van der Waals surface area (Å²) in [5, 5.41) is 12.2. The normalized spacial score (nSPS) is 12.6. The van der Waals surface area contributed by atoms with Gasteiger partial charge in [0.1, 0.15) is 11.4 Å². The smallest absolute Gasteiger partial charge is 0.372 e. The van der Waals surface area contributed by atoms with Crippen molar-refractivity contribution in [2.75, 3.05) is 24.2 Å². The van der Waals surface area contributed by atoms with Gasteiger partial charge >= 0.3 is 6.18 Å². The summed E-state index contributed by atoms with van der Waals surface area (Å²) in [5.41, 5.74) is -0.648. The van der Waals surface area contributed by atoms with Crippen molar-refractivity contribution in [2.45, 2.75) is 32.5 Å². The molecule has 0 bridgehead atoms. The van der Waals surface area contributed by atoms with Gasteiger partial charge in [0.15, 0.2) is 5.15 Å². The number of hydrogen-bond acceptors (Lipinski definition) is 6. The molecule has 12 heteroatoms. The fraction of sp³-hybridized carbons (Fsp3) is 0.467. The average molecular weight is 406 g/mol. The van der Waals surface area contributed by atoms with Crippen LogP contribution in [0.25, 0.3) is 0 Å². The van der Waals surface area contributed by atoms with E-state index in [0.717, 1.165) is 0 Å². The van der Waals surface area contributed by atoms with Crippen molar-refractivity contribution < 1.29 is 18.0 Å². The first kappa shape index (κ1) is 20.7. The minimum Gasteiger partial charge on any atom is -0.372 e. The highest BCUT2D eigenvalue weighted by Gasteiger charge is 2.35. The van der Waals surface area contributed by atoms with E-state index in [9.17, 15) is 18.0 Å². The highest BCUT2D eigenvalue weighted by atomic mass is 35.5. The standard InChI is InChI=1S/C15H19ClF3N7O/c1-4-11(27)21-5-8(2)26-12(16)10(7-23-26)24-14-22-6-9(15(17,18)19)13(20-3)25-14/h6-8H,4-5H2,1-3H3,(H,21,27)(H2,20,22,24,25). The van der Waals surface area contributed by atoms with Crippen molar-refractivity contribution in [1.82, 2.24) is 25.1 Å². The molecule has 2 aromatic rings. The van der Waals surface area contributed by atoms with Gasteiger partial charge in [0.05, 0.1) is 17.9 Å². The summed E-state index contributed by atoms with van der Waals surface area (Å²) in [6.07, 6.45) is -2.12. The molecule has 0 spiro atoms. The van der Waals surface area contributed by atoms with Crippen LogP contribution in [0.4, 0.5) is 30.6 Å². The molecule has 0 aliphatic rings. The lowest BCUT2D eigenvalue weighted by molar-refractivity contribution is -0.137. The lowest BCUT2D eigenvalue weighted by Crippen LogP contribution is -2.29. The van der Waals surface area contributed by atoms with E-state index < -0.39 is 11.7 Å². The number of hydrogen-bond donors (Lipinski definition) is 3. The van der Waals surface area contributed by atoms with Gasteiger partial charge in [0.25, 0.3) is 0 Å². The first-order valence-corrected chi connectivity index (χ1v) is 8.43. The maximum atomic E-state index is 12.9. The molecule has 1 amide bonds. The summed E-state index contributed by atoms with van der Waals surface area (Å²) in [5.74, 6) is -0.527. The van der Waals surface area contributed by atoms with Gasteiger partial charge in [-0.3, -0.25) is 4.79 Å². The van der Waals surface area contributed by atoms with Crippen LogP contribution in [0.3, 0.4) is 0 Å². The van der Waals surface area contributed by atoms with Crippen LogP contribution >= 0.6 is 11.6 Å². The van der Waals surface area contributed by atoms with Crippen molar-refractivity contribution in [1.29, 1.82) is 0 Å². The molecular formula is C15H19ClF3N7O. The van der Waals surface area contributed by atoms with Gasteiger partial charge in [-0.1, -0.05) is 18.5 Å². The molecule has 0 saturated heterocycles. The van der Waals surface area contributed by atoms with Crippen LogP contribution in [0, 0.1) is 0 Å². The van der Waals surface area contributed by atoms with E-state index in [1.807, 2.05) is 6.92 Å². The van der Waals surface area contributed by atoms with E-state index >= 15 is 0 Å². The Morgan fingerprint density at radius 3 is 2.67 bits per heavy atom. The molecule has 3 N–H and O–H groups in total. The van der Waals surface area contributed by atoms with Gasteiger partial charge in [-0.05, 0) is 6.92 Å². The molecule has 8 nitrogen and oxygen atoms in total. The molecule has 2 rings (SSSR count). The van der Waals surface area contributed by atoms with Crippen molar-refractivity contribution in [2.24, 2.45) is 0 Å². The first-order valence-electron chi connectivity index (χ1n) is 8.06. The van der Waals surface area contributed by atoms with Gasteiger partial charge in [0, 0.05) is 26.2 Å². The van der Waals surface area contributed by atoms with E-state index in [0.29, 0.717) is 24.8 Å². The number of anilines is 3. The van der Waals surface area contributed by atoms with Crippen molar-refractivity contribution in [3.63, 3.8) is 0 Å². The van der Waals surface area contributed by atoms with Gasteiger partial charge in [-0.2, -0.15) is 23.3 Å². The number of carbonyl (C=O) groups excluding carboxylic acids is 1. The average Bonchev–Trinajstić information content (AvgIpc) is 2.98. The Morgan fingerprint density at radius 1 is 1.37 bits per heavy atom. The van der Waals surface area contributed by atoms with E-state index in [-0.39, 0.29) is 28.9 Å². The fourth-order valence-corrected chi connectivity index (χ4v) is 2.48. The maximum absolute atomic E-state index is 12.9. The van der Waals surface area contributed by atoms with Gasteiger partial charge in [-0.15, -0.1) is 0 Å². The predicted molar refractivity (Wildman–Crippen MR) is 95.1 cm³/mol. The number of carbonyl (C=O) groups is 1. The highest BCUT2D eigenvalue weighted by Crippen LogP contribution is 2.34. The Labute approximate surface area is 158 Å². The molecule has 0 aliphatic heterocycles. The second-order valence-corrected chi connectivity index (χ2v) is 5.99. The second-order valence-electron chi connectivity index (χ2n) is 5.63. The zero-order valence-corrected chi connectivity index (χ0v) is 15.6. The Bertz CT molecular complexity index is 809. The third-order valence-corrected chi connectivity index (χ3v) is 4.02. The van der Waals surface area contributed by atoms with E-state index in [1.165, 1.54) is 17.9 Å². The summed E-state index contributed by atoms with van der Waals surface area (Å²) >= 11 is 6.27. The number of nitrogens with one attached hydrogen (secondary N) is 3. The number of aromatic nitrogens is 4. The summed E-state index contributed by atoms with van der Waals surface area (Å²) in [4.78, 5) is 18.8. The SMILES string of the molecule is CCC(=O)NCC(C)n1ncc(Nc2ncc(C(F)(F)F)c(NC)n2)c1Cl. The molecule has 0 saturated carbocycles. The predicted octanol–water partition coefficient (Wildman–Crippen LogP) is 3.22. The van der Waals surface area contributed by atoms with Gasteiger partial charge in [-0.25, -0.2) is 9.67 Å². The van der Waals surface area contributed by atoms with Crippen LogP contribution in [0.2, 0.25) is 5.15 Å². The van der Waals surface area contributed by atoms with E-state index in [4.69, 9.17) is 11.6 Å². The second kappa shape index (κ2) is 8.42. The molecule has 2 aromatic heterocycles. The summed E-state index contributed by atoms with van der Waals surface area (Å²) in [6.45, 7) is 3.88. The molecular weight excluding hydrogens is 387 g/mol. The van der Waals surface area contributed by atoms with Gasteiger partial charge in [0.2, 0.25) is 11.9 Å². The lowest BCUT2D eigenvalue weighted by Gasteiger charge is -2.15. The van der Waals surface area contributed by atoms with Crippen molar-refractivity contribution in [3.05, 3.63) is 23.1 Å². The minimum absolute atomic E-state index is 0.0688. The lowest BCUT2D eigenvalue weighted by atomic mass is 10.3. The van der Waals surface area contributed by atoms with Crippen LogP contribution < -0.4 is 16.0 Å². The molecule has 0 radical (unpaired) electrons. The molecule has 27 heavy (non-hydrogen) atoms. The summed E-state index contributed by atoms with van der Waals surface area (Å²) in [6, 6.07) is -0.232. The fourth-order valence-electron chi connectivity index (χ4n) is 2.17. The Balaban J connectivity index is 2.17. The summed E-state index contributed by atoms with van der Waals surface area (Å²) < 4.78 is 40.2. The Morgan fingerprint density at radius 2 is 2.07 bits per heavy atom. The van der Waals surface area contributed by atoms with Crippen LogP contribution in [0.1, 0.15) is 31.9 Å². The molecule has 1 atom stereocenters. The molecule has 0 fully saturated rings. The number of rotatable bonds is 7. The monoisotopic (exact) mass is 405 g/mol. The topological polar surface area (TPSA) is 96.8 Å². The number of nitrogens with zero attached hydrogens (tertiary/aromatic N) is 4. The van der Waals surface area contributed by atoms with Crippen LogP contribution in [0.15, 0.2) is 12.4 Å². The van der Waals surface area contributed by atoms with Crippen LogP contribution in [0.5, 0.6) is 0 Å². The number of alkyl halides is 3. The zero-order chi connectivity index (χ0) is 20.2. The van der Waals surface area contributed by atoms with Crippen molar-refractivity contribution >= 4 is 35.0 Å². The van der Waals surface area contributed by atoms with E-state index in [2.05, 4.69) is 31.0 Å². The molecule has 0 aliphatic carbocycles. The van der Waals surface area contributed by atoms with Gasteiger partial charge < -0.3 is 16.0 Å². The Kier molecular flexibility index (Phi) is 6.47. The van der Waals surface area contributed by atoms with Crippen LogP contribution in [-0.4, -0.2) is 39.2 Å². The van der Waals surface area contributed by atoms with Crippen LogP contribution in [-0.2, 0) is 11.0 Å². The third-order valence-electron chi connectivity index (χ3n) is 3.65.